The maximum absolute atomic E-state index is 13.5. The van der Waals surface area contributed by atoms with E-state index in [0.29, 0.717) is 5.56 Å². The van der Waals surface area contributed by atoms with E-state index in [0.717, 1.165) is 34.0 Å². The summed E-state index contributed by atoms with van der Waals surface area (Å²) in [6, 6.07) is 12.1. The number of alkyl halides is 3. The van der Waals surface area contributed by atoms with E-state index in [2.05, 4.69) is 26.3 Å². The molecule has 2 N–H and O–H groups in total. The molecule has 0 spiro atoms. The zero-order valence-corrected chi connectivity index (χ0v) is 18.8. The summed E-state index contributed by atoms with van der Waals surface area (Å²) in [4.78, 5) is 13.2. The fourth-order valence-corrected chi connectivity index (χ4v) is 4.47. The predicted octanol–water partition coefficient (Wildman–Crippen LogP) is 5.17. The van der Waals surface area contributed by atoms with Crippen LogP contribution in [0.1, 0.15) is 46.4 Å². The number of hydrogen-bond acceptors (Lipinski definition) is 3. The maximum atomic E-state index is 13.5. The van der Waals surface area contributed by atoms with Gasteiger partial charge >= 0.3 is 6.18 Å². The van der Waals surface area contributed by atoms with Crippen LogP contribution in [0.4, 0.5) is 13.2 Å². The standard InChI is InChI=1S/C23H21BrF3N3O2/c1-30-12-19(20(29-30)23(25,26)27)15-8-14(13-31)9-16(10-15)21(32)28-22(6-3-7-22)17-4-2-5-18(24)11-17/h2,4-5,8-12,31H,3,6-7,13H2,1H3,(H,28,32). The Balaban J connectivity index is 1.71. The van der Waals surface area contributed by atoms with Crippen LogP contribution in [0.25, 0.3) is 11.1 Å². The van der Waals surface area contributed by atoms with Gasteiger partial charge in [-0.2, -0.15) is 18.3 Å². The van der Waals surface area contributed by atoms with Crippen molar-refractivity contribution in [1.29, 1.82) is 0 Å². The van der Waals surface area contributed by atoms with E-state index in [9.17, 15) is 23.1 Å². The molecule has 1 saturated carbocycles. The van der Waals surface area contributed by atoms with Crippen LogP contribution < -0.4 is 5.32 Å². The number of amides is 1. The van der Waals surface area contributed by atoms with Gasteiger partial charge in [-0.15, -0.1) is 0 Å². The van der Waals surface area contributed by atoms with Crippen molar-refractivity contribution in [2.45, 2.75) is 37.6 Å². The van der Waals surface area contributed by atoms with Crippen LogP contribution in [0.15, 0.2) is 53.1 Å². The number of aryl methyl sites for hydroxylation is 1. The smallest absolute Gasteiger partial charge is 0.392 e. The zero-order valence-electron chi connectivity index (χ0n) is 17.2. The number of carbonyl (C=O) groups is 1. The SMILES string of the molecule is Cn1cc(-c2cc(CO)cc(C(=O)NC3(c4cccc(Br)c4)CCC3)c2)c(C(F)(F)F)n1. The van der Waals surface area contributed by atoms with Gasteiger partial charge in [-0.1, -0.05) is 28.1 Å². The van der Waals surface area contributed by atoms with Crippen molar-refractivity contribution >= 4 is 21.8 Å². The normalized spacial score (nSPS) is 15.3. The molecule has 9 heteroatoms. The van der Waals surface area contributed by atoms with Crippen molar-refractivity contribution in [3.63, 3.8) is 0 Å². The third-order valence-electron chi connectivity index (χ3n) is 5.78. The third kappa shape index (κ3) is 4.31. The molecule has 32 heavy (non-hydrogen) atoms. The minimum absolute atomic E-state index is 0.144. The first-order valence-electron chi connectivity index (χ1n) is 10.1. The van der Waals surface area contributed by atoms with Gasteiger partial charge in [0.15, 0.2) is 5.69 Å². The summed E-state index contributed by atoms with van der Waals surface area (Å²) in [5.74, 6) is -0.404. The number of benzene rings is 2. The Morgan fingerprint density at radius 2 is 2.00 bits per heavy atom. The highest BCUT2D eigenvalue weighted by Crippen LogP contribution is 2.42. The van der Waals surface area contributed by atoms with Crippen LogP contribution in [0.3, 0.4) is 0 Å². The van der Waals surface area contributed by atoms with Crippen LogP contribution in [0.5, 0.6) is 0 Å². The second-order valence-corrected chi connectivity index (χ2v) is 8.96. The zero-order chi connectivity index (χ0) is 23.1. The summed E-state index contributed by atoms with van der Waals surface area (Å²) in [7, 11) is 1.40. The number of nitrogens with zero attached hydrogens (tertiary/aromatic N) is 2. The molecule has 0 aliphatic heterocycles. The second-order valence-electron chi connectivity index (χ2n) is 8.04. The molecule has 3 aromatic rings. The van der Waals surface area contributed by atoms with Gasteiger partial charge in [-0.25, -0.2) is 0 Å². The molecule has 1 aliphatic carbocycles. The Morgan fingerprint density at radius 3 is 2.59 bits per heavy atom. The summed E-state index contributed by atoms with van der Waals surface area (Å²) in [6.45, 7) is -0.410. The molecule has 1 aromatic heterocycles. The molecule has 0 radical (unpaired) electrons. The van der Waals surface area contributed by atoms with Crippen LogP contribution in [0.2, 0.25) is 0 Å². The van der Waals surface area contributed by atoms with Crippen molar-refractivity contribution in [3.8, 4) is 11.1 Å². The van der Waals surface area contributed by atoms with Crippen molar-refractivity contribution in [1.82, 2.24) is 15.1 Å². The minimum atomic E-state index is -4.65. The first-order chi connectivity index (χ1) is 15.1. The summed E-state index contributed by atoms with van der Waals surface area (Å²) in [6.07, 6.45) is -0.898. The van der Waals surface area contributed by atoms with Crippen LogP contribution in [-0.4, -0.2) is 20.8 Å². The first kappa shape index (κ1) is 22.5. The molecule has 1 heterocycles. The van der Waals surface area contributed by atoms with Gasteiger partial charge in [-0.3, -0.25) is 9.48 Å². The fourth-order valence-electron chi connectivity index (χ4n) is 4.07. The van der Waals surface area contributed by atoms with Gasteiger partial charge in [0.2, 0.25) is 0 Å². The van der Waals surface area contributed by atoms with Gasteiger partial charge < -0.3 is 10.4 Å². The highest BCUT2D eigenvalue weighted by Gasteiger charge is 2.41. The Kier molecular flexibility index (Phi) is 5.89. The molecule has 0 saturated heterocycles. The largest absolute Gasteiger partial charge is 0.435 e. The average Bonchev–Trinajstić information content (AvgIpc) is 3.12. The van der Waals surface area contributed by atoms with Crippen molar-refractivity contribution < 1.29 is 23.1 Å². The lowest BCUT2D eigenvalue weighted by Crippen LogP contribution is -2.50. The number of aliphatic hydroxyl groups excluding tert-OH is 1. The quantitative estimate of drug-likeness (QED) is 0.500. The monoisotopic (exact) mass is 507 g/mol. The highest BCUT2D eigenvalue weighted by molar-refractivity contribution is 9.10. The maximum Gasteiger partial charge on any atom is 0.435 e. The minimum Gasteiger partial charge on any atom is -0.392 e. The number of aliphatic hydroxyl groups is 1. The second kappa shape index (κ2) is 8.37. The number of hydrogen-bond donors (Lipinski definition) is 2. The molecular weight excluding hydrogens is 487 g/mol. The van der Waals surface area contributed by atoms with Crippen LogP contribution in [0, 0.1) is 0 Å². The molecule has 2 aromatic carbocycles. The van der Waals surface area contributed by atoms with Crippen molar-refractivity contribution in [2.75, 3.05) is 0 Å². The van der Waals surface area contributed by atoms with Gasteiger partial charge in [0.05, 0.1) is 12.1 Å². The number of carbonyl (C=O) groups excluding carboxylic acids is 1. The van der Waals surface area contributed by atoms with E-state index < -0.39 is 29.9 Å². The fraction of sp³-hybridized carbons (Fsp3) is 0.304. The number of nitrogens with one attached hydrogen (secondary N) is 1. The number of rotatable bonds is 5. The molecule has 0 atom stereocenters. The van der Waals surface area contributed by atoms with Gasteiger partial charge in [0.1, 0.15) is 0 Å². The first-order valence-corrected chi connectivity index (χ1v) is 10.9. The number of aromatic nitrogens is 2. The van der Waals surface area contributed by atoms with E-state index in [1.807, 2.05) is 24.3 Å². The Hall–Kier alpha value is -2.65. The lowest BCUT2D eigenvalue weighted by Gasteiger charge is -2.43. The highest BCUT2D eigenvalue weighted by atomic mass is 79.9. The molecular formula is C23H21BrF3N3O2. The molecule has 0 unspecified atom stereocenters. The predicted molar refractivity (Wildman–Crippen MR) is 117 cm³/mol. The molecule has 1 amide bonds. The average molecular weight is 508 g/mol. The van der Waals surface area contributed by atoms with Gasteiger partial charge in [0.25, 0.3) is 5.91 Å². The molecule has 168 valence electrons. The Labute approximate surface area is 191 Å². The van der Waals surface area contributed by atoms with E-state index in [1.54, 1.807) is 0 Å². The molecule has 4 rings (SSSR count). The Bertz CT molecular complexity index is 1170. The van der Waals surface area contributed by atoms with Gasteiger partial charge in [0, 0.05) is 28.8 Å². The summed E-state index contributed by atoms with van der Waals surface area (Å²) in [5.41, 5.74) is -0.0362. The summed E-state index contributed by atoms with van der Waals surface area (Å²) >= 11 is 3.46. The van der Waals surface area contributed by atoms with E-state index in [-0.39, 0.29) is 16.7 Å². The van der Waals surface area contributed by atoms with Crippen LogP contribution >= 0.6 is 15.9 Å². The third-order valence-corrected chi connectivity index (χ3v) is 6.28. The Morgan fingerprint density at radius 1 is 1.25 bits per heavy atom. The summed E-state index contributed by atoms with van der Waals surface area (Å²) in [5, 5.41) is 16.3. The number of halogens is 4. The van der Waals surface area contributed by atoms with E-state index >= 15 is 0 Å². The van der Waals surface area contributed by atoms with Crippen molar-refractivity contribution in [2.24, 2.45) is 7.05 Å². The lowest BCUT2D eigenvalue weighted by atomic mass is 9.71. The molecule has 1 aliphatic rings. The molecule has 0 bridgehead atoms. The van der Waals surface area contributed by atoms with E-state index in [1.165, 1.54) is 31.4 Å². The molecule has 5 nitrogen and oxygen atoms in total. The van der Waals surface area contributed by atoms with Gasteiger partial charge in [-0.05, 0) is 66.3 Å². The topological polar surface area (TPSA) is 67.2 Å². The molecule has 1 fully saturated rings. The lowest BCUT2D eigenvalue weighted by molar-refractivity contribution is -0.140. The van der Waals surface area contributed by atoms with Crippen molar-refractivity contribution in [3.05, 3.63) is 75.5 Å². The summed E-state index contributed by atoms with van der Waals surface area (Å²) < 4.78 is 42.4. The van der Waals surface area contributed by atoms with E-state index in [4.69, 9.17) is 0 Å². The van der Waals surface area contributed by atoms with Crippen LogP contribution in [-0.2, 0) is 25.4 Å².